The number of aliphatic carboxylic acids is 1. The Hall–Kier alpha value is -0.650. The Morgan fingerprint density at radius 1 is 1.45 bits per heavy atom. The first-order chi connectivity index (χ1) is 9.53. The molecule has 1 aliphatic heterocycles. The summed E-state index contributed by atoms with van der Waals surface area (Å²) in [5.41, 5.74) is -0.757. The van der Waals surface area contributed by atoms with Gasteiger partial charge in [0.1, 0.15) is 5.54 Å². The molecule has 1 saturated carbocycles. The van der Waals surface area contributed by atoms with Crippen LogP contribution in [0.5, 0.6) is 0 Å². The number of nitrogens with one attached hydrogen (secondary N) is 1. The highest BCUT2D eigenvalue weighted by Crippen LogP contribution is 2.25. The number of methoxy groups -OCH3 is 1. The molecule has 2 aliphatic rings. The normalized spacial score (nSPS) is 26.6. The van der Waals surface area contributed by atoms with Crippen molar-refractivity contribution in [2.45, 2.75) is 50.6 Å². The van der Waals surface area contributed by atoms with Gasteiger partial charge in [-0.25, -0.2) is 0 Å². The zero-order valence-corrected chi connectivity index (χ0v) is 12.7. The van der Waals surface area contributed by atoms with Gasteiger partial charge in [0.2, 0.25) is 0 Å². The summed E-state index contributed by atoms with van der Waals surface area (Å²) in [6.45, 7) is 5.87. The first kappa shape index (κ1) is 15.7. The average molecular weight is 284 g/mol. The highest BCUT2D eigenvalue weighted by molar-refractivity contribution is 5.78. The van der Waals surface area contributed by atoms with Gasteiger partial charge in [0.05, 0.1) is 6.61 Å². The summed E-state index contributed by atoms with van der Waals surface area (Å²) >= 11 is 0. The molecule has 0 radical (unpaired) electrons. The minimum atomic E-state index is -0.757. The lowest BCUT2D eigenvalue weighted by Gasteiger charge is -2.27. The van der Waals surface area contributed by atoms with Crippen molar-refractivity contribution in [3.63, 3.8) is 0 Å². The minimum absolute atomic E-state index is 0.425. The summed E-state index contributed by atoms with van der Waals surface area (Å²) in [5.74, 6) is -0.0708. The van der Waals surface area contributed by atoms with Gasteiger partial charge in [0, 0.05) is 19.7 Å². The van der Waals surface area contributed by atoms with E-state index in [0.717, 1.165) is 45.5 Å². The van der Waals surface area contributed by atoms with Gasteiger partial charge < -0.3 is 14.7 Å². The molecule has 0 spiro atoms. The maximum Gasteiger partial charge on any atom is 0.323 e. The van der Waals surface area contributed by atoms with E-state index in [-0.39, 0.29) is 0 Å². The summed E-state index contributed by atoms with van der Waals surface area (Å²) < 4.78 is 5.20. The molecule has 5 nitrogen and oxygen atoms in total. The van der Waals surface area contributed by atoms with Gasteiger partial charge in [-0.3, -0.25) is 10.1 Å². The van der Waals surface area contributed by atoms with Gasteiger partial charge >= 0.3 is 5.97 Å². The summed E-state index contributed by atoms with van der Waals surface area (Å²) in [6, 6.07) is 0.425. The molecule has 2 fully saturated rings. The molecule has 1 aliphatic carbocycles. The zero-order chi connectivity index (χ0) is 14.6. The molecule has 2 unspecified atom stereocenters. The van der Waals surface area contributed by atoms with Crippen LogP contribution in [0.3, 0.4) is 0 Å². The van der Waals surface area contributed by atoms with Gasteiger partial charge in [-0.05, 0) is 58.0 Å². The van der Waals surface area contributed by atoms with Gasteiger partial charge in [-0.1, -0.05) is 0 Å². The molecule has 1 heterocycles. The lowest BCUT2D eigenvalue weighted by molar-refractivity contribution is -0.144. The van der Waals surface area contributed by atoms with Crippen molar-refractivity contribution in [3.05, 3.63) is 0 Å². The Balaban J connectivity index is 1.69. The maximum absolute atomic E-state index is 11.5. The maximum atomic E-state index is 11.5. The third-order valence-corrected chi connectivity index (χ3v) is 4.50. The number of nitrogens with zero attached hydrogens (tertiary/aromatic N) is 1. The van der Waals surface area contributed by atoms with Crippen LogP contribution in [0.15, 0.2) is 0 Å². The number of carboxylic acids is 1. The van der Waals surface area contributed by atoms with Crippen molar-refractivity contribution in [2.75, 3.05) is 33.4 Å². The zero-order valence-electron chi connectivity index (χ0n) is 12.7. The van der Waals surface area contributed by atoms with Crippen molar-refractivity contribution >= 4 is 5.97 Å². The highest BCUT2D eigenvalue weighted by Gasteiger charge is 2.38. The van der Waals surface area contributed by atoms with Crippen LogP contribution in [0.1, 0.15) is 39.0 Å². The van der Waals surface area contributed by atoms with Crippen LogP contribution in [0.4, 0.5) is 0 Å². The number of hydrogen-bond donors (Lipinski definition) is 2. The van der Waals surface area contributed by atoms with Crippen molar-refractivity contribution in [3.8, 4) is 0 Å². The van der Waals surface area contributed by atoms with E-state index in [4.69, 9.17) is 4.74 Å². The largest absolute Gasteiger partial charge is 0.480 e. The second kappa shape index (κ2) is 6.87. The van der Waals surface area contributed by atoms with Crippen LogP contribution >= 0.6 is 0 Å². The van der Waals surface area contributed by atoms with E-state index < -0.39 is 11.5 Å². The molecule has 0 aromatic rings. The molecule has 5 heteroatoms. The fourth-order valence-electron chi connectivity index (χ4n) is 3.06. The number of likely N-dealkylation sites (tertiary alicyclic amines) is 1. The molecule has 1 saturated heterocycles. The number of carboxylic acid groups (broad SMARTS) is 1. The van der Waals surface area contributed by atoms with Crippen LogP contribution in [-0.4, -0.2) is 60.9 Å². The highest BCUT2D eigenvalue weighted by atomic mass is 16.5. The van der Waals surface area contributed by atoms with Gasteiger partial charge in [-0.15, -0.1) is 0 Å². The van der Waals surface area contributed by atoms with Crippen LogP contribution in [0, 0.1) is 5.92 Å². The Morgan fingerprint density at radius 2 is 2.20 bits per heavy atom. The van der Waals surface area contributed by atoms with Gasteiger partial charge in [0.25, 0.3) is 0 Å². The fraction of sp³-hybridized carbons (Fsp3) is 0.933. The Kier molecular flexibility index (Phi) is 5.41. The van der Waals surface area contributed by atoms with Crippen molar-refractivity contribution in [1.82, 2.24) is 10.2 Å². The first-order valence-electron chi connectivity index (χ1n) is 7.76. The first-order valence-corrected chi connectivity index (χ1v) is 7.76. The lowest BCUT2D eigenvalue weighted by Crippen LogP contribution is -2.50. The molecule has 2 atom stereocenters. The molecule has 116 valence electrons. The fourth-order valence-corrected chi connectivity index (χ4v) is 3.06. The standard InChI is InChI=1S/C15H28N2O3/c1-15(14(18)19,16-13-4-5-13)7-3-8-17-9-6-12(10-17)11-20-2/h12-13,16H,3-11H2,1-2H3,(H,18,19). The number of ether oxygens (including phenoxy) is 1. The molecule has 20 heavy (non-hydrogen) atoms. The van der Waals surface area contributed by atoms with Gasteiger partial charge in [0.15, 0.2) is 0 Å². The monoisotopic (exact) mass is 284 g/mol. The third-order valence-electron chi connectivity index (χ3n) is 4.50. The summed E-state index contributed by atoms with van der Waals surface area (Å²) in [4.78, 5) is 13.9. The lowest BCUT2D eigenvalue weighted by atomic mass is 9.95. The van der Waals surface area contributed by atoms with E-state index in [0.29, 0.717) is 18.4 Å². The molecule has 0 aromatic heterocycles. The van der Waals surface area contributed by atoms with E-state index >= 15 is 0 Å². The summed E-state index contributed by atoms with van der Waals surface area (Å²) in [6.07, 6.45) is 5.07. The second-order valence-electron chi connectivity index (χ2n) is 6.57. The molecule has 0 amide bonds. The van der Waals surface area contributed by atoms with Crippen LogP contribution in [-0.2, 0) is 9.53 Å². The van der Waals surface area contributed by atoms with E-state index in [1.165, 1.54) is 6.42 Å². The summed E-state index contributed by atoms with van der Waals surface area (Å²) in [7, 11) is 1.75. The molecule has 2 N–H and O–H groups in total. The number of hydrogen-bond acceptors (Lipinski definition) is 4. The van der Waals surface area contributed by atoms with Crippen molar-refractivity contribution in [1.29, 1.82) is 0 Å². The Labute approximate surface area is 121 Å². The molecule has 2 rings (SSSR count). The smallest absolute Gasteiger partial charge is 0.323 e. The Morgan fingerprint density at radius 3 is 2.80 bits per heavy atom. The summed E-state index contributed by atoms with van der Waals surface area (Å²) in [5, 5.41) is 12.7. The third kappa shape index (κ3) is 4.43. The number of rotatable bonds is 9. The average Bonchev–Trinajstić information content (AvgIpc) is 3.08. The van der Waals surface area contributed by atoms with E-state index in [2.05, 4.69) is 10.2 Å². The minimum Gasteiger partial charge on any atom is -0.480 e. The van der Waals surface area contributed by atoms with Crippen molar-refractivity contribution < 1.29 is 14.6 Å². The quantitative estimate of drug-likeness (QED) is 0.669. The van der Waals surface area contributed by atoms with Gasteiger partial charge in [-0.2, -0.15) is 0 Å². The van der Waals surface area contributed by atoms with E-state index in [9.17, 15) is 9.90 Å². The van der Waals surface area contributed by atoms with E-state index in [1.807, 2.05) is 6.92 Å². The van der Waals surface area contributed by atoms with Crippen LogP contribution in [0.2, 0.25) is 0 Å². The molecular weight excluding hydrogens is 256 g/mol. The van der Waals surface area contributed by atoms with Crippen molar-refractivity contribution in [2.24, 2.45) is 5.92 Å². The molecule has 0 aromatic carbocycles. The van der Waals surface area contributed by atoms with Crippen LogP contribution in [0.25, 0.3) is 0 Å². The predicted molar refractivity (Wildman–Crippen MR) is 77.9 cm³/mol. The molecule has 0 bridgehead atoms. The number of carbonyl (C=O) groups is 1. The predicted octanol–water partition coefficient (Wildman–Crippen LogP) is 1.33. The Bertz CT molecular complexity index is 333. The molecular formula is C15H28N2O3. The van der Waals surface area contributed by atoms with Crippen LogP contribution < -0.4 is 5.32 Å². The topological polar surface area (TPSA) is 61.8 Å². The second-order valence-corrected chi connectivity index (χ2v) is 6.57. The SMILES string of the molecule is COCC1CCN(CCCC(C)(NC2CC2)C(=O)O)C1. The van der Waals surface area contributed by atoms with E-state index in [1.54, 1.807) is 7.11 Å².